The van der Waals surface area contributed by atoms with Crippen molar-refractivity contribution in [2.75, 3.05) is 0 Å². The van der Waals surface area contributed by atoms with E-state index < -0.39 is 0 Å². The molecule has 0 bridgehead atoms. The van der Waals surface area contributed by atoms with Gasteiger partial charge in [0, 0.05) is 21.9 Å². The molecule has 7 rings (SSSR count). The number of fused-ring (bicyclic) bond motifs is 4. The van der Waals surface area contributed by atoms with Gasteiger partial charge in [0.2, 0.25) is 0 Å². The van der Waals surface area contributed by atoms with Crippen molar-refractivity contribution in [1.82, 2.24) is 4.57 Å². The number of benzene rings is 4. The number of aromatic nitrogens is 1. The maximum absolute atomic E-state index is 6.35. The molecule has 0 unspecified atom stereocenters. The summed E-state index contributed by atoms with van der Waals surface area (Å²) < 4.78 is 15.1. The molecule has 0 spiro atoms. The largest absolute Gasteiger partial charge is 0.494 e. The summed E-state index contributed by atoms with van der Waals surface area (Å²) in [5.74, 6) is 0. The summed E-state index contributed by atoms with van der Waals surface area (Å²) in [5, 5.41) is 2.47. The SMILES string of the molecule is C=C1/C(=C\C=C(/C)n2c3ccccc3c3cc(-c4cccc(B5OC(C)(C)C(C)(C)O5)c4)ccc32)C(C)(C)c2ccccc21. The molecule has 5 aromatic rings. The molecule has 2 heterocycles. The maximum atomic E-state index is 6.35. The van der Waals surface area contributed by atoms with Gasteiger partial charge in [-0.05, 0) is 97.8 Å². The van der Waals surface area contributed by atoms with Crippen LogP contribution >= 0.6 is 0 Å². The van der Waals surface area contributed by atoms with Crippen LogP contribution in [0.3, 0.4) is 0 Å². The van der Waals surface area contributed by atoms with Crippen LogP contribution in [-0.2, 0) is 14.7 Å². The van der Waals surface area contributed by atoms with E-state index in [9.17, 15) is 0 Å². The Morgan fingerprint density at radius 3 is 2.14 bits per heavy atom. The zero-order chi connectivity index (χ0) is 31.0. The second kappa shape index (κ2) is 9.95. The van der Waals surface area contributed by atoms with E-state index in [1.54, 1.807) is 0 Å². The van der Waals surface area contributed by atoms with E-state index >= 15 is 0 Å². The lowest BCUT2D eigenvalue weighted by Gasteiger charge is -2.32. The van der Waals surface area contributed by atoms with Gasteiger partial charge in [-0.3, -0.25) is 0 Å². The molecular weight excluding hydrogens is 537 g/mol. The first kappa shape index (κ1) is 28.6. The molecule has 1 aliphatic heterocycles. The zero-order valence-corrected chi connectivity index (χ0v) is 26.9. The number of para-hydroxylation sites is 1. The highest BCUT2D eigenvalue weighted by Crippen LogP contribution is 2.49. The molecule has 2 aliphatic rings. The van der Waals surface area contributed by atoms with Gasteiger partial charge in [0.1, 0.15) is 0 Å². The second-order valence-electron chi connectivity index (χ2n) is 13.8. The zero-order valence-electron chi connectivity index (χ0n) is 26.9. The van der Waals surface area contributed by atoms with Gasteiger partial charge in [-0.15, -0.1) is 0 Å². The summed E-state index contributed by atoms with van der Waals surface area (Å²) in [6.45, 7) is 19.6. The van der Waals surface area contributed by atoms with Crippen molar-refractivity contribution in [3.05, 3.63) is 126 Å². The van der Waals surface area contributed by atoms with Gasteiger partial charge in [-0.2, -0.15) is 0 Å². The Balaban J connectivity index is 1.29. The highest BCUT2D eigenvalue weighted by atomic mass is 16.7. The van der Waals surface area contributed by atoms with Crippen molar-refractivity contribution in [1.29, 1.82) is 0 Å². The van der Waals surface area contributed by atoms with E-state index in [0.717, 1.165) is 16.6 Å². The first-order valence-corrected chi connectivity index (χ1v) is 15.6. The van der Waals surface area contributed by atoms with Crippen LogP contribution in [0, 0.1) is 0 Å². The molecule has 0 atom stereocenters. The van der Waals surface area contributed by atoms with Gasteiger partial charge in [0.25, 0.3) is 0 Å². The van der Waals surface area contributed by atoms with E-state index in [4.69, 9.17) is 9.31 Å². The van der Waals surface area contributed by atoms with Gasteiger partial charge in [0.15, 0.2) is 0 Å². The van der Waals surface area contributed by atoms with Crippen LogP contribution in [0.1, 0.15) is 59.6 Å². The lowest BCUT2D eigenvalue weighted by Crippen LogP contribution is -2.41. The first-order valence-electron chi connectivity index (χ1n) is 15.6. The highest BCUT2D eigenvalue weighted by molar-refractivity contribution is 6.62. The lowest BCUT2D eigenvalue weighted by atomic mass is 9.78. The van der Waals surface area contributed by atoms with Gasteiger partial charge in [-0.1, -0.05) is 99.3 Å². The monoisotopic (exact) mass is 577 g/mol. The summed E-state index contributed by atoms with van der Waals surface area (Å²) in [5.41, 5.74) is 11.0. The lowest BCUT2D eigenvalue weighted by molar-refractivity contribution is 0.00578. The summed E-state index contributed by atoms with van der Waals surface area (Å²) in [6.07, 6.45) is 4.52. The summed E-state index contributed by atoms with van der Waals surface area (Å²) in [6, 6.07) is 32.7. The van der Waals surface area contributed by atoms with Gasteiger partial charge in [-0.25, -0.2) is 0 Å². The Hall–Kier alpha value is -4.12. The van der Waals surface area contributed by atoms with Gasteiger partial charge < -0.3 is 13.9 Å². The second-order valence-corrected chi connectivity index (χ2v) is 13.8. The molecule has 44 heavy (non-hydrogen) atoms. The maximum Gasteiger partial charge on any atom is 0.494 e. The standard InChI is InChI=1S/C40H40BNO2/c1-26(20-22-34-27(2)31-16-9-11-18-35(31)38(34,3)4)42-36-19-12-10-17-32(36)33-25-29(21-23-37(33)42)28-14-13-15-30(24-28)41-43-39(5,6)40(7,8)44-41/h9-25H,2H2,1,3-8H3/b26-20+,34-22+. The van der Waals surface area contributed by atoms with Crippen LogP contribution in [0.25, 0.3) is 44.2 Å². The third-order valence-electron chi connectivity index (χ3n) is 10.2. The molecule has 1 fully saturated rings. The van der Waals surface area contributed by atoms with E-state index in [1.807, 2.05) is 0 Å². The minimum Gasteiger partial charge on any atom is -0.399 e. The minimum absolute atomic E-state index is 0.0885. The normalized spacial score (nSPS) is 19.8. The van der Waals surface area contributed by atoms with Gasteiger partial charge >= 0.3 is 7.12 Å². The van der Waals surface area contributed by atoms with Crippen LogP contribution in [0.15, 0.2) is 115 Å². The topological polar surface area (TPSA) is 23.4 Å². The Labute approximate surface area is 261 Å². The van der Waals surface area contributed by atoms with Crippen LogP contribution in [-0.4, -0.2) is 22.9 Å². The van der Waals surface area contributed by atoms with Crippen molar-refractivity contribution in [3.63, 3.8) is 0 Å². The fourth-order valence-electron chi connectivity index (χ4n) is 6.92. The number of hydrogen-bond donors (Lipinski definition) is 0. The van der Waals surface area contributed by atoms with E-state index in [1.165, 1.54) is 49.8 Å². The van der Waals surface area contributed by atoms with Crippen LogP contribution < -0.4 is 5.46 Å². The molecule has 0 radical (unpaired) electrons. The molecule has 0 amide bonds. The third-order valence-corrected chi connectivity index (χ3v) is 10.2. The molecule has 1 saturated heterocycles. The average molecular weight is 578 g/mol. The molecule has 0 saturated carbocycles. The number of allylic oxidation sites excluding steroid dienone is 5. The first-order chi connectivity index (χ1) is 20.9. The number of rotatable bonds is 4. The summed E-state index contributed by atoms with van der Waals surface area (Å²) in [7, 11) is -0.388. The Morgan fingerprint density at radius 2 is 1.39 bits per heavy atom. The van der Waals surface area contributed by atoms with E-state index in [2.05, 4.69) is 163 Å². The average Bonchev–Trinajstić information content (AvgIpc) is 3.52. The fourth-order valence-corrected chi connectivity index (χ4v) is 6.92. The molecular formula is C40H40BNO2. The van der Waals surface area contributed by atoms with E-state index in [-0.39, 0.29) is 23.7 Å². The molecule has 1 aromatic heterocycles. The Morgan fingerprint density at radius 1 is 0.727 bits per heavy atom. The third kappa shape index (κ3) is 4.35. The predicted octanol–water partition coefficient (Wildman–Crippen LogP) is 9.55. The van der Waals surface area contributed by atoms with Gasteiger partial charge in [0.05, 0.1) is 22.2 Å². The van der Waals surface area contributed by atoms with Crippen LogP contribution in [0.2, 0.25) is 0 Å². The van der Waals surface area contributed by atoms with E-state index in [0.29, 0.717) is 0 Å². The quantitative estimate of drug-likeness (QED) is 0.199. The molecule has 0 N–H and O–H groups in total. The van der Waals surface area contributed by atoms with Crippen molar-refractivity contribution < 1.29 is 9.31 Å². The van der Waals surface area contributed by atoms with Crippen LogP contribution in [0.4, 0.5) is 0 Å². The van der Waals surface area contributed by atoms with Crippen molar-refractivity contribution in [2.45, 2.75) is 65.1 Å². The summed E-state index contributed by atoms with van der Waals surface area (Å²) >= 11 is 0. The van der Waals surface area contributed by atoms with Crippen molar-refractivity contribution in [2.24, 2.45) is 0 Å². The van der Waals surface area contributed by atoms with Crippen molar-refractivity contribution in [3.8, 4) is 11.1 Å². The number of nitrogens with zero attached hydrogens (tertiary/aromatic N) is 1. The van der Waals surface area contributed by atoms with Crippen LogP contribution in [0.5, 0.6) is 0 Å². The minimum atomic E-state index is -0.388. The number of hydrogen-bond acceptors (Lipinski definition) is 2. The summed E-state index contributed by atoms with van der Waals surface area (Å²) in [4.78, 5) is 0. The Kier molecular flexibility index (Phi) is 6.48. The molecule has 4 heteroatoms. The molecule has 3 nitrogen and oxygen atoms in total. The fraction of sp³-hybridized carbons (Fsp3) is 0.250. The predicted molar refractivity (Wildman–Crippen MR) is 187 cm³/mol. The Bertz CT molecular complexity index is 2020. The molecule has 4 aromatic carbocycles. The van der Waals surface area contributed by atoms with Crippen molar-refractivity contribution >= 4 is 45.7 Å². The molecule has 220 valence electrons. The molecule has 1 aliphatic carbocycles. The smallest absolute Gasteiger partial charge is 0.399 e. The highest BCUT2D eigenvalue weighted by Gasteiger charge is 2.51.